The van der Waals surface area contributed by atoms with E-state index in [0.29, 0.717) is 23.6 Å². The smallest absolute Gasteiger partial charge is 0.326 e. The van der Waals surface area contributed by atoms with Gasteiger partial charge < -0.3 is 25.5 Å². The van der Waals surface area contributed by atoms with Crippen LogP contribution in [0, 0.1) is 11.8 Å². The van der Waals surface area contributed by atoms with Crippen molar-refractivity contribution in [3.8, 4) is 0 Å². The molecule has 0 spiro atoms. The van der Waals surface area contributed by atoms with E-state index < -0.39 is 35.9 Å². The van der Waals surface area contributed by atoms with Gasteiger partial charge in [-0.25, -0.2) is 4.79 Å². The maximum absolute atomic E-state index is 14.3. The summed E-state index contributed by atoms with van der Waals surface area (Å²) in [5, 5.41) is 17.8. The summed E-state index contributed by atoms with van der Waals surface area (Å²) in [7, 11) is 3.79. The van der Waals surface area contributed by atoms with Crippen LogP contribution in [0.2, 0.25) is 5.02 Å². The summed E-state index contributed by atoms with van der Waals surface area (Å²) in [4.78, 5) is 57.5. The fourth-order valence-corrected chi connectivity index (χ4v) is 5.63. The summed E-state index contributed by atoms with van der Waals surface area (Å²) in [6.45, 7) is 8.18. The van der Waals surface area contributed by atoms with E-state index in [1.165, 1.54) is 0 Å². The Morgan fingerprint density at radius 3 is 2.07 bits per heavy atom. The third-order valence-corrected chi connectivity index (χ3v) is 8.32. The van der Waals surface area contributed by atoms with Crippen molar-refractivity contribution in [3.63, 3.8) is 0 Å². The van der Waals surface area contributed by atoms with Crippen LogP contribution in [0.3, 0.4) is 0 Å². The topological polar surface area (TPSA) is 119 Å². The van der Waals surface area contributed by atoms with E-state index in [4.69, 9.17) is 11.6 Å². The highest BCUT2D eigenvalue weighted by Crippen LogP contribution is 2.22. The Balaban J connectivity index is 2.00. The molecule has 3 unspecified atom stereocenters. The molecule has 3 rings (SSSR count). The number of nitrogens with zero attached hydrogens (tertiary/aromatic N) is 2. The third-order valence-electron chi connectivity index (χ3n) is 7.95. The van der Waals surface area contributed by atoms with Gasteiger partial charge in [-0.2, -0.15) is 0 Å². The van der Waals surface area contributed by atoms with Gasteiger partial charge in [0, 0.05) is 24.5 Å². The molecular formula is C36H47ClN4O5. The molecule has 0 radical (unpaired) electrons. The third kappa shape index (κ3) is 10.3. The first-order chi connectivity index (χ1) is 21.8. The summed E-state index contributed by atoms with van der Waals surface area (Å²) in [6.07, 6.45) is 0.506. The normalized spacial score (nSPS) is 13.4. The fourth-order valence-electron chi connectivity index (χ4n) is 5.43. The number of nitrogens with one attached hydrogen (secondary N) is 2. The number of rotatable bonds is 16. The minimum absolute atomic E-state index is 0.0174. The average molecular weight is 651 g/mol. The Morgan fingerprint density at radius 2 is 1.43 bits per heavy atom. The highest BCUT2D eigenvalue weighted by atomic mass is 35.5. The highest BCUT2D eigenvalue weighted by Gasteiger charge is 2.35. The molecule has 0 bridgehead atoms. The van der Waals surface area contributed by atoms with Crippen LogP contribution >= 0.6 is 11.6 Å². The lowest BCUT2D eigenvalue weighted by atomic mass is 9.96. The largest absolute Gasteiger partial charge is 0.480 e. The first kappa shape index (κ1) is 36.5. The van der Waals surface area contributed by atoms with Crippen molar-refractivity contribution in [2.45, 2.75) is 65.1 Å². The summed E-state index contributed by atoms with van der Waals surface area (Å²) >= 11 is 6.39. The quantitative estimate of drug-likeness (QED) is 0.205. The van der Waals surface area contributed by atoms with Gasteiger partial charge in [0.05, 0.1) is 6.42 Å². The molecule has 0 aliphatic carbocycles. The Labute approximate surface area is 277 Å². The number of amides is 3. The van der Waals surface area contributed by atoms with E-state index in [-0.39, 0.29) is 37.1 Å². The lowest BCUT2D eigenvalue weighted by Crippen LogP contribution is -2.58. The number of carboxylic acids is 1. The van der Waals surface area contributed by atoms with Crippen molar-refractivity contribution < 1.29 is 24.3 Å². The monoisotopic (exact) mass is 650 g/mol. The number of aliphatic carboxylic acids is 1. The van der Waals surface area contributed by atoms with Crippen LogP contribution in [0.1, 0.15) is 45.2 Å². The van der Waals surface area contributed by atoms with Gasteiger partial charge in [0.1, 0.15) is 18.1 Å². The number of hydrogen-bond donors (Lipinski definition) is 3. The summed E-state index contributed by atoms with van der Waals surface area (Å²) in [6, 6.07) is 17.5. The molecule has 0 heterocycles. The molecule has 3 aromatic rings. The van der Waals surface area contributed by atoms with E-state index in [9.17, 15) is 24.3 Å². The molecule has 3 amide bonds. The second-order valence-corrected chi connectivity index (χ2v) is 13.2. The van der Waals surface area contributed by atoms with Crippen LogP contribution in [0.15, 0.2) is 66.7 Å². The molecule has 3 N–H and O–H groups in total. The number of hydrogen-bond acceptors (Lipinski definition) is 5. The molecule has 9 nitrogen and oxygen atoms in total. The Kier molecular flexibility index (Phi) is 13.6. The van der Waals surface area contributed by atoms with Gasteiger partial charge in [0.15, 0.2) is 0 Å². The summed E-state index contributed by atoms with van der Waals surface area (Å²) in [5.74, 6) is -2.82. The lowest BCUT2D eigenvalue weighted by Gasteiger charge is -2.34. The van der Waals surface area contributed by atoms with Crippen LogP contribution in [-0.4, -0.2) is 83.9 Å². The van der Waals surface area contributed by atoms with Gasteiger partial charge in [-0.05, 0) is 60.3 Å². The minimum atomic E-state index is -1.16. The maximum atomic E-state index is 14.3. The molecule has 0 saturated carbocycles. The average Bonchev–Trinajstić information content (AvgIpc) is 2.99. The molecule has 248 valence electrons. The Hall–Kier alpha value is -3.95. The molecule has 46 heavy (non-hydrogen) atoms. The maximum Gasteiger partial charge on any atom is 0.326 e. The molecule has 0 saturated heterocycles. The number of carbonyl (C=O) groups excluding carboxylic acids is 3. The number of carboxylic acid groups (broad SMARTS) is 1. The second-order valence-electron chi connectivity index (χ2n) is 12.8. The van der Waals surface area contributed by atoms with Crippen LogP contribution in [-0.2, 0) is 32.0 Å². The SMILES string of the molecule is CC(C)CC(C(=O)NC(Cc1cccc2ccccc12)C(=O)NC(C(=O)O)C(C)C)N(CCN(C)C)C(=O)Cc1ccccc1Cl. The Morgan fingerprint density at radius 1 is 0.804 bits per heavy atom. The van der Waals surface area contributed by atoms with Crippen molar-refractivity contribution >= 4 is 46.1 Å². The fraction of sp³-hybridized carbons (Fsp3) is 0.444. The molecule has 3 aromatic carbocycles. The molecular weight excluding hydrogens is 604 g/mol. The number of fused-ring (bicyclic) bond motifs is 1. The summed E-state index contributed by atoms with van der Waals surface area (Å²) < 4.78 is 0. The van der Waals surface area contributed by atoms with Gasteiger partial charge in [-0.3, -0.25) is 14.4 Å². The first-order valence-corrected chi connectivity index (χ1v) is 16.1. The first-order valence-electron chi connectivity index (χ1n) is 15.8. The predicted octanol–water partition coefficient (Wildman–Crippen LogP) is 4.79. The zero-order valence-electron chi connectivity index (χ0n) is 27.6. The van der Waals surface area contributed by atoms with Gasteiger partial charge in [0.2, 0.25) is 17.7 Å². The minimum Gasteiger partial charge on any atom is -0.480 e. The molecule has 3 atom stereocenters. The van der Waals surface area contributed by atoms with Gasteiger partial charge in [0.25, 0.3) is 0 Å². The van der Waals surface area contributed by atoms with Gasteiger partial charge in [-0.15, -0.1) is 0 Å². The zero-order chi connectivity index (χ0) is 34.0. The number of benzene rings is 3. The summed E-state index contributed by atoms with van der Waals surface area (Å²) in [5.41, 5.74) is 1.49. The number of likely N-dealkylation sites (N-methyl/N-ethyl adjacent to an activating group) is 1. The Bertz CT molecular complexity index is 1500. The van der Waals surface area contributed by atoms with Crippen molar-refractivity contribution in [2.75, 3.05) is 27.2 Å². The van der Waals surface area contributed by atoms with Crippen LogP contribution in [0.5, 0.6) is 0 Å². The molecule has 0 aliphatic heterocycles. The van der Waals surface area contributed by atoms with E-state index >= 15 is 0 Å². The predicted molar refractivity (Wildman–Crippen MR) is 183 cm³/mol. The molecule has 0 fully saturated rings. The van der Waals surface area contributed by atoms with E-state index in [2.05, 4.69) is 10.6 Å². The number of halogens is 1. The standard InChI is InChI=1S/C36H47ClN4O5/c1-23(2)20-31(41(19-18-40(5)6)32(42)22-27-13-8-10-17-29(27)37)35(44)38-30(34(43)39-33(24(3)4)36(45)46)21-26-15-11-14-25-12-7-9-16-28(25)26/h7-17,23-24,30-31,33H,18-22H2,1-6H3,(H,38,44)(H,39,43)(H,45,46). The lowest BCUT2D eigenvalue weighted by molar-refractivity contribution is -0.144. The van der Waals surface area contributed by atoms with E-state index in [0.717, 1.165) is 16.3 Å². The van der Waals surface area contributed by atoms with Crippen LogP contribution < -0.4 is 10.6 Å². The molecule has 10 heteroatoms. The van der Waals surface area contributed by atoms with Gasteiger partial charge >= 0.3 is 5.97 Å². The van der Waals surface area contributed by atoms with Crippen molar-refractivity contribution in [2.24, 2.45) is 11.8 Å². The van der Waals surface area contributed by atoms with Crippen molar-refractivity contribution in [3.05, 3.63) is 82.9 Å². The van der Waals surface area contributed by atoms with Crippen molar-refractivity contribution in [1.29, 1.82) is 0 Å². The van der Waals surface area contributed by atoms with Crippen LogP contribution in [0.4, 0.5) is 0 Å². The van der Waals surface area contributed by atoms with Crippen LogP contribution in [0.25, 0.3) is 10.8 Å². The van der Waals surface area contributed by atoms with Crippen molar-refractivity contribution in [1.82, 2.24) is 20.4 Å². The van der Waals surface area contributed by atoms with E-state index in [1.54, 1.807) is 36.9 Å². The zero-order valence-corrected chi connectivity index (χ0v) is 28.4. The highest BCUT2D eigenvalue weighted by molar-refractivity contribution is 6.31. The number of carbonyl (C=O) groups is 4. The van der Waals surface area contributed by atoms with E-state index in [1.807, 2.05) is 81.4 Å². The molecule has 0 aliphatic rings. The molecule has 0 aromatic heterocycles. The van der Waals surface area contributed by atoms with Gasteiger partial charge in [-0.1, -0.05) is 100.0 Å². The second kappa shape index (κ2) is 17.1.